The van der Waals surface area contributed by atoms with Crippen LogP contribution in [-0.4, -0.2) is 17.3 Å². The van der Waals surface area contributed by atoms with E-state index in [1.54, 1.807) is 11.1 Å². The molecule has 4 rings (SSSR count). The van der Waals surface area contributed by atoms with Crippen molar-refractivity contribution < 1.29 is 0 Å². The van der Waals surface area contributed by atoms with Crippen molar-refractivity contribution in [1.82, 2.24) is 5.01 Å². The highest BCUT2D eigenvalue weighted by Crippen LogP contribution is 2.44. The van der Waals surface area contributed by atoms with Crippen molar-refractivity contribution in [2.24, 2.45) is 11.0 Å². The van der Waals surface area contributed by atoms with E-state index in [4.69, 9.17) is 5.10 Å². The van der Waals surface area contributed by atoms with E-state index in [-0.39, 0.29) is 0 Å². The molecule has 0 bridgehead atoms. The molecule has 0 N–H and O–H groups in total. The van der Waals surface area contributed by atoms with E-state index in [0.29, 0.717) is 12.0 Å². The van der Waals surface area contributed by atoms with E-state index in [9.17, 15) is 0 Å². The highest BCUT2D eigenvalue weighted by Gasteiger charge is 2.40. The van der Waals surface area contributed by atoms with Crippen LogP contribution in [0.5, 0.6) is 0 Å². The van der Waals surface area contributed by atoms with Gasteiger partial charge in [-0.05, 0) is 36.8 Å². The topological polar surface area (TPSA) is 15.6 Å². The summed E-state index contributed by atoms with van der Waals surface area (Å²) in [5, 5.41) is 7.38. The molecule has 1 aromatic carbocycles. The summed E-state index contributed by atoms with van der Waals surface area (Å²) < 4.78 is 0. The Morgan fingerprint density at radius 3 is 2.89 bits per heavy atom. The molecule has 0 saturated heterocycles. The fourth-order valence-electron chi connectivity index (χ4n) is 4.13. The Morgan fingerprint density at radius 2 is 1.89 bits per heavy atom. The summed E-state index contributed by atoms with van der Waals surface area (Å²) in [5.41, 5.74) is 4.61. The van der Waals surface area contributed by atoms with Crippen molar-refractivity contribution in [3.05, 3.63) is 35.4 Å². The molecule has 19 heavy (non-hydrogen) atoms. The molecular weight excluding hydrogens is 232 g/mol. The zero-order valence-electron chi connectivity index (χ0n) is 11.5. The number of hydrogen-bond donors (Lipinski definition) is 0. The van der Waals surface area contributed by atoms with Gasteiger partial charge in [-0.1, -0.05) is 43.5 Å². The second-order valence-corrected chi connectivity index (χ2v) is 6.21. The van der Waals surface area contributed by atoms with Crippen LogP contribution in [0.15, 0.2) is 29.4 Å². The number of hydrogen-bond acceptors (Lipinski definition) is 2. The minimum Gasteiger partial charge on any atom is -0.289 e. The van der Waals surface area contributed by atoms with Gasteiger partial charge in [0, 0.05) is 18.2 Å². The van der Waals surface area contributed by atoms with Gasteiger partial charge in [0.05, 0.1) is 6.04 Å². The Morgan fingerprint density at radius 1 is 1.00 bits per heavy atom. The molecule has 0 radical (unpaired) electrons. The van der Waals surface area contributed by atoms with E-state index in [1.165, 1.54) is 44.2 Å². The van der Waals surface area contributed by atoms with Crippen LogP contribution < -0.4 is 0 Å². The van der Waals surface area contributed by atoms with Crippen molar-refractivity contribution in [2.75, 3.05) is 6.54 Å². The largest absolute Gasteiger partial charge is 0.289 e. The van der Waals surface area contributed by atoms with Gasteiger partial charge in [-0.2, -0.15) is 5.10 Å². The first kappa shape index (κ1) is 11.5. The van der Waals surface area contributed by atoms with Gasteiger partial charge in [-0.25, -0.2) is 0 Å². The molecule has 0 unspecified atom stereocenters. The minimum atomic E-state index is 0.554. The summed E-state index contributed by atoms with van der Waals surface area (Å²) >= 11 is 0. The predicted molar refractivity (Wildman–Crippen MR) is 78.2 cm³/mol. The van der Waals surface area contributed by atoms with Gasteiger partial charge in [0.2, 0.25) is 0 Å². The van der Waals surface area contributed by atoms with Crippen molar-refractivity contribution in [3.63, 3.8) is 0 Å². The molecule has 2 heterocycles. The van der Waals surface area contributed by atoms with Crippen molar-refractivity contribution >= 4 is 5.71 Å². The number of nitrogens with zero attached hydrogens (tertiary/aromatic N) is 2. The van der Waals surface area contributed by atoms with Crippen LogP contribution in [0, 0.1) is 5.92 Å². The number of benzene rings is 1. The van der Waals surface area contributed by atoms with Gasteiger partial charge >= 0.3 is 0 Å². The van der Waals surface area contributed by atoms with E-state index in [2.05, 4.69) is 29.3 Å². The maximum Gasteiger partial charge on any atom is 0.0803 e. The molecule has 1 aliphatic carbocycles. The minimum absolute atomic E-state index is 0.554. The van der Waals surface area contributed by atoms with Crippen molar-refractivity contribution in [1.29, 1.82) is 0 Å². The molecule has 0 aromatic heterocycles. The van der Waals surface area contributed by atoms with Crippen molar-refractivity contribution in [3.8, 4) is 0 Å². The van der Waals surface area contributed by atoms with Crippen LogP contribution >= 0.6 is 0 Å². The molecular formula is C17H22N2. The second-order valence-electron chi connectivity index (χ2n) is 6.21. The Bertz CT molecular complexity index is 506. The molecule has 100 valence electrons. The lowest BCUT2D eigenvalue weighted by Gasteiger charge is -2.34. The van der Waals surface area contributed by atoms with E-state index < -0.39 is 0 Å². The quantitative estimate of drug-likeness (QED) is 0.685. The first-order valence-electron chi connectivity index (χ1n) is 7.85. The first-order valence-corrected chi connectivity index (χ1v) is 7.85. The maximum absolute atomic E-state index is 4.98. The van der Waals surface area contributed by atoms with Crippen molar-refractivity contribution in [2.45, 2.75) is 51.0 Å². The van der Waals surface area contributed by atoms with E-state index in [1.807, 2.05) is 0 Å². The molecule has 2 atom stereocenters. The van der Waals surface area contributed by atoms with Crippen LogP contribution in [0.4, 0.5) is 0 Å². The molecule has 1 saturated carbocycles. The highest BCUT2D eigenvalue weighted by atomic mass is 15.5. The lowest BCUT2D eigenvalue weighted by molar-refractivity contribution is 0.184. The smallest absolute Gasteiger partial charge is 0.0803 e. The predicted octanol–water partition coefficient (Wildman–Crippen LogP) is 3.93. The standard InChI is InChI=1S/C17H22N2/c1-2-4-10-16-15(9-3-1)17-14-8-6-5-7-13(14)11-12-19(17)18-16/h5-8,15,17H,1-4,9-12H2/t15-,17-/m0/s1. The SMILES string of the molecule is c1ccc2c(c1)CCN1N=C3CCCCCC[C@@H]3[C@H]21. The molecule has 1 fully saturated rings. The fraction of sp³-hybridized carbons (Fsp3) is 0.588. The average molecular weight is 254 g/mol. The maximum atomic E-state index is 4.98. The van der Waals surface area contributed by atoms with Gasteiger partial charge in [0.15, 0.2) is 0 Å². The number of fused-ring (bicyclic) bond motifs is 5. The van der Waals surface area contributed by atoms with Gasteiger partial charge in [-0.15, -0.1) is 0 Å². The van der Waals surface area contributed by atoms with Gasteiger partial charge in [0.1, 0.15) is 0 Å². The number of rotatable bonds is 0. The summed E-state index contributed by atoms with van der Waals surface area (Å²) in [5.74, 6) is 0.696. The van der Waals surface area contributed by atoms with Crippen LogP contribution in [-0.2, 0) is 6.42 Å². The zero-order chi connectivity index (χ0) is 12.7. The molecule has 1 aromatic rings. The zero-order valence-corrected chi connectivity index (χ0v) is 11.5. The van der Waals surface area contributed by atoms with Crippen LogP contribution in [0.1, 0.15) is 55.7 Å². The Hall–Kier alpha value is -1.31. The third-order valence-electron chi connectivity index (χ3n) is 5.07. The van der Waals surface area contributed by atoms with Gasteiger partial charge < -0.3 is 0 Å². The highest BCUT2D eigenvalue weighted by molar-refractivity contribution is 5.89. The third-order valence-corrected chi connectivity index (χ3v) is 5.07. The first-order chi connectivity index (χ1) is 9.43. The Balaban J connectivity index is 1.71. The summed E-state index contributed by atoms with van der Waals surface area (Å²) in [4.78, 5) is 0. The van der Waals surface area contributed by atoms with Gasteiger partial charge in [0.25, 0.3) is 0 Å². The molecule has 3 aliphatic rings. The molecule has 2 aliphatic heterocycles. The summed E-state index contributed by atoms with van der Waals surface area (Å²) in [6.07, 6.45) is 9.28. The van der Waals surface area contributed by atoms with Crippen LogP contribution in [0.25, 0.3) is 0 Å². The molecule has 2 nitrogen and oxygen atoms in total. The summed E-state index contributed by atoms with van der Waals surface area (Å²) in [7, 11) is 0. The van der Waals surface area contributed by atoms with E-state index >= 15 is 0 Å². The average Bonchev–Trinajstić information content (AvgIpc) is 2.76. The second kappa shape index (κ2) is 4.66. The van der Waals surface area contributed by atoms with Crippen LogP contribution in [0.3, 0.4) is 0 Å². The molecule has 0 amide bonds. The lowest BCUT2D eigenvalue weighted by Crippen LogP contribution is -2.32. The summed E-state index contributed by atoms with van der Waals surface area (Å²) in [6, 6.07) is 9.59. The fourth-order valence-corrected chi connectivity index (χ4v) is 4.13. The third kappa shape index (κ3) is 1.89. The Labute approximate surface area is 115 Å². The molecule has 0 spiro atoms. The van der Waals surface area contributed by atoms with Gasteiger partial charge in [-0.3, -0.25) is 5.01 Å². The van der Waals surface area contributed by atoms with E-state index in [0.717, 1.165) is 13.0 Å². The monoisotopic (exact) mass is 254 g/mol. The summed E-state index contributed by atoms with van der Waals surface area (Å²) in [6.45, 7) is 1.11. The van der Waals surface area contributed by atoms with Crippen LogP contribution in [0.2, 0.25) is 0 Å². The number of hydrazone groups is 1. The normalized spacial score (nSPS) is 29.7. The molecule has 2 heteroatoms. The lowest BCUT2D eigenvalue weighted by atomic mass is 9.79. The Kier molecular flexibility index (Phi) is 2.82.